The number of carbonyl (C=O) groups is 1. The minimum atomic E-state index is -0.246. The molecule has 0 radical (unpaired) electrons. The van der Waals surface area contributed by atoms with Crippen LogP contribution < -0.4 is 0 Å². The summed E-state index contributed by atoms with van der Waals surface area (Å²) in [5, 5.41) is 10.1. The van der Waals surface area contributed by atoms with Gasteiger partial charge >= 0.3 is 0 Å². The van der Waals surface area contributed by atoms with Crippen LogP contribution in [0.15, 0.2) is 65.5 Å². The number of fused-ring (bicyclic) bond motifs is 3. The van der Waals surface area contributed by atoms with Gasteiger partial charge in [-0.25, -0.2) is 0 Å². The van der Waals surface area contributed by atoms with Crippen molar-refractivity contribution in [3.8, 4) is 0 Å². The number of allylic oxidation sites excluding steroid dienone is 6. The fourth-order valence-electron chi connectivity index (χ4n) is 4.90. The molecule has 3 heteroatoms. The lowest BCUT2D eigenvalue weighted by Crippen LogP contribution is -2.35. The molecule has 1 saturated carbocycles. The average molecular weight is 379 g/mol. The molecule has 3 aliphatic rings. The monoisotopic (exact) mass is 378 g/mol. The van der Waals surface area contributed by atoms with Crippen molar-refractivity contribution in [3.05, 3.63) is 71.0 Å². The Morgan fingerprint density at radius 2 is 2.00 bits per heavy atom. The van der Waals surface area contributed by atoms with Gasteiger partial charge in [0.2, 0.25) is 0 Å². The van der Waals surface area contributed by atoms with Crippen molar-refractivity contribution < 1.29 is 14.6 Å². The SMILES string of the molecule is CC(CCCc1ccccc1)OC1=CC=C2C(=O)C=C3CCC(O)CC3C2C1. The topological polar surface area (TPSA) is 46.5 Å². The first-order chi connectivity index (χ1) is 13.6. The van der Waals surface area contributed by atoms with Gasteiger partial charge < -0.3 is 9.84 Å². The van der Waals surface area contributed by atoms with Crippen LogP contribution in [0.3, 0.4) is 0 Å². The van der Waals surface area contributed by atoms with Crippen LogP contribution in [0.25, 0.3) is 0 Å². The fourth-order valence-corrected chi connectivity index (χ4v) is 4.90. The molecule has 0 aliphatic heterocycles. The average Bonchev–Trinajstić information content (AvgIpc) is 2.69. The second-order valence-electron chi connectivity index (χ2n) is 8.49. The van der Waals surface area contributed by atoms with Crippen LogP contribution in [-0.2, 0) is 16.0 Å². The molecule has 1 aromatic carbocycles. The molecule has 4 rings (SSSR count). The van der Waals surface area contributed by atoms with Crippen molar-refractivity contribution in [2.24, 2.45) is 11.8 Å². The van der Waals surface area contributed by atoms with Crippen molar-refractivity contribution in [3.63, 3.8) is 0 Å². The number of ether oxygens (including phenoxy) is 1. The Hall–Kier alpha value is -2.13. The lowest BCUT2D eigenvalue weighted by molar-refractivity contribution is -0.112. The van der Waals surface area contributed by atoms with E-state index in [9.17, 15) is 9.90 Å². The van der Waals surface area contributed by atoms with Gasteiger partial charge in [0.25, 0.3) is 0 Å². The number of carbonyl (C=O) groups excluding carboxylic acids is 1. The summed E-state index contributed by atoms with van der Waals surface area (Å²) in [5.41, 5.74) is 3.50. The molecule has 148 valence electrons. The maximum atomic E-state index is 12.5. The van der Waals surface area contributed by atoms with Crippen molar-refractivity contribution >= 4 is 5.78 Å². The number of ketones is 1. The number of benzene rings is 1. The van der Waals surface area contributed by atoms with E-state index in [1.165, 1.54) is 11.1 Å². The van der Waals surface area contributed by atoms with Crippen LogP contribution in [0.2, 0.25) is 0 Å². The highest BCUT2D eigenvalue weighted by molar-refractivity contribution is 6.06. The molecule has 28 heavy (non-hydrogen) atoms. The van der Waals surface area contributed by atoms with E-state index in [0.717, 1.165) is 56.3 Å². The van der Waals surface area contributed by atoms with Gasteiger partial charge in [-0.2, -0.15) is 0 Å². The molecule has 0 amide bonds. The van der Waals surface area contributed by atoms with Crippen LogP contribution >= 0.6 is 0 Å². The number of aliphatic hydroxyl groups is 1. The quantitative estimate of drug-likeness (QED) is 0.765. The van der Waals surface area contributed by atoms with E-state index in [4.69, 9.17) is 4.74 Å². The van der Waals surface area contributed by atoms with Crippen LogP contribution in [0, 0.1) is 11.8 Å². The van der Waals surface area contributed by atoms with E-state index in [2.05, 4.69) is 37.3 Å². The van der Waals surface area contributed by atoms with Gasteiger partial charge in [-0.1, -0.05) is 42.0 Å². The van der Waals surface area contributed by atoms with Crippen LogP contribution in [0.1, 0.15) is 51.0 Å². The Morgan fingerprint density at radius 3 is 2.82 bits per heavy atom. The smallest absolute Gasteiger partial charge is 0.182 e. The summed E-state index contributed by atoms with van der Waals surface area (Å²) in [4.78, 5) is 12.5. The van der Waals surface area contributed by atoms with Crippen LogP contribution in [0.4, 0.5) is 0 Å². The summed E-state index contributed by atoms with van der Waals surface area (Å²) in [6.45, 7) is 2.13. The van der Waals surface area contributed by atoms with E-state index in [1.54, 1.807) is 0 Å². The molecule has 1 fully saturated rings. The van der Waals surface area contributed by atoms with Crippen molar-refractivity contribution in [2.75, 3.05) is 0 Å². The lowest BCUT2D eigenvalue weighted by Gasteiger charge is -2.40. The normalized spacial score (nSPS) is 27.7. The summed E-state index contributed by atoms with van der Waals surface area (Å²) >= 11 is 0. The molecule has 4 atom stereocenters. The number of hydrogen-bond acceptors (Lipinski definition) is 3. The first kappa shape index (κ1) is 19.2. The van der Waals surface area contributed by atoms with Crippen LogP contribution in [-0.4, -0.2) is 23.1 Å². The molecule has 0 heterocycles. The van der Waals surface area contributed by atoms with Gasteiger partial charge in [0.1, 0.15) is 0 Å². The zero-order chi connectivity index (χ0) is 19.5. The summed E-state index contributed by atoms with van der Waals surface area (Å²) in [6.07, 6.45) is 12.0. The summed E-state index contributed by atoms with van der Waals surface area (Å²) in [6, 6.07) is 10.6. The largest absolute Gasteiger partial charge is 0.495 e. The molecular weight excluding hydrogens is 348 g/mol. The summed E-state index contributed by atoms with van der Waals surface area (Å²) < 4.78 is 6.24. The molecule has 0 saturated heterocycles. The second kappa shape index (κ2) is 8.48. The number of aliphatic hydroxyl groups excluding tert-OH is 1. The van der Waals surface area contributed by atoms with E-state index >= 15 is 0 Å². The molecule has 0 bridgehead atoms. The Labute approximate surface area is 167 Å². The highest BCUT2D eigenvalue weighted by Crippen LogP contribution is 2.46. The molecular formula is C25H30O3. The Kier molecular flexibility index (Phi) is 5.82. The highest BCUT2D eigenvalue weighted by atomic mass is 16.5. The Bertz CT molecular complexity index is 802. The predicted molar refractivity (Wildman–Crippen MR) is 111 cm³/mol. The van der Waals surface area contributed by atoms with Gasteiger partial charge in [0, 0.05) is 17.9 Å². The zero-order valence-electron chi connectivity index (χ0n) is 16.6. The second-order valence-corrected chi connectivity index (χ2v) is 8.49. The van der Waals surface area contributed by atoms with Gasteiger partial charge in [0.05, 0.1) is 18.0 Å². The molecule has 3 nitrogen and oxygen atoms in total. The summed E-state index contributed by atoms with van der Waals surface area (Å²) in [5.74, 6) is 1.58. The van der Waals surface area contributed by atoms with Gasteiger partial charge in [-0.15, -0.1) is 0 Å². The zero-order valence-corrected chi connectivity index (χ0v) is 16.6. The van der Waals surface area contributed by atoms with E-state index in [-0.39, 0.29) is 29.8 Å². The Balaban J connectivity index is 1.35. The third kappa shape index (κ3) is 4.30. The van der Waals surface area contributed by atoms with Crippen molar-refractivity contribution in [1.82, 2.24) is 0 Å². The van der Waals surface area contributed by atoms with E-state index in [0.29, 0.717) is 0 Å². The molecule has 0 aromatic heterocycles. The molecule has 1 aromatic rings. The minimum absolute atomic E-state index is 0.152. The maximum absolute atomic E-state index is 12.5. The van der Waals surface area contributed by atoms with Gasteiger partial charge in [-0.05, 0) is 69.1 Å². The Morgan fingerprint density at radius 1 is 1.18 bits per heavy atom. The first-order valence-electron chi connectivity index (χ1n) is 10.6. The molecule has 0 spiro atoms. The molecule has 3 aliphatic carbocycles. The summed E-state index contributed by atoms with van der Waals surface area (Å²) in [7, 11) is 0. The highest BCUT2D eigenvalue weighted by Gasteiger charge is 2.40. The van der Waals surface area contributed by atoms with Crippen LogP contribution in [0.5, 0.6) is 0 Å². The van der Waals surface area contributed by atoms with Gasteiger partial charge in [0.15, 0.2) is 5.78 Å². The number of aryl methyl sites for hydroxylation is 1. The van der Waals surface area contributed by atoms with E-state index < -0.39 is 0 Å². The maximum Gasteiger partial charge on any atom is 0.182 e. The fraction of sp³-hybridized carbons (Fsp3) is 0.480. The van der Waals surface area contributed by atoms with Crippen molar-refractivity contribution in [1.29, 1.82) is 0 Å². The first-order valence-corrected chi connectivity index (χ1v) is 10.6. The third-order valence-electron chi connectivity index (χ3n) is 6.40. The minimum Gasteiger partial charge on any atom is -0.495 e. The van der Waals surface area contributed by atoms with E-state index in [1.807, 2.05) is 18.2 Å². The van der Waals surface area contributed by atoms with Gasteiger partial charge in [-0.3, -0.25) is 4.79 Å². The predicted octanol–water partition coefficient (Wildman–Crippen LogP) is 4.91. The standard InChI is InChI=1S/C25H30O3/c1-17(6-5-9-18-7-3-2-4-8-18)28-21-12-13-22-24(16-21)23-15-20(26)11-10-19(23)14-25(22)27/h2-4,7-8,12-14,17,20,23-24,26H,5-6,9-11,15-16H2,1H3. The molecule has 4 unspecified atom stereocenters. The van der Waals surface area contributed by atoms with Crippen molar-refractivity contribution in [2.45, 2.75) is 64.1 Å². The lowest BCUT2D eigenvalue weighted by atomic mass is 9.66. The number of hydrogen-bond donors (Lipinski definition) is 1. The number of rotatable bonds is 6. The third-order valence-corrected chi connectivity index (χ3v) is 6.40. The molecule has 1 N–H and O–H groups in total.